The Morgan fingerprint density at radius 3 is 1.15 bits per heavy atom. The van der Waals surface area contributed by atoms with E-state index in [4.69, 9.17) is 24.4 Å². The number of thiophene rings is 3. The lowest BCUT2D eigenvalue weighted by atomic mass is 10.0. The summed E-state index contributed by atoms with van der Waals surface area (Å²) < 4.78 is 0. The van der Waals surface area contributed by atoms with Crippen molar-refractivity contribution in [2.24, 2.45) is 0 Å². The van der Waals surface area contributed by atoms with Gasteiger partial charge in [-0.05, 0) is 125 Å². The molecule has 0 saturated carbocycles. The molecule has 0 N–H and O–H groups in total. The summed E-state index contributed by atoms with van der Waals surface area (Å²) in [5.74, 6) is -1.37. The van der Waals surface area contributed by atoms with Gasteiger partial charge in [0.25, 0.3) is 23.6 Å². The van der Waals surface area contributed by atoms with Gasteiger partial charge in [0, 0.05) is 55.4 Å². The first-order valence-electron chi connectivity index (χ1n) is 19.7. The Bertz CT molecular complexity index is 1810. The maximum absolute atomic E-state index is 13.5. The Morgan fingerprint density at radius 1 is 0.491 bits per heavy atom. The second-order valence-corrected chi connectivity index (χ2v) is 17.6. The summed E-state index contributed by atoms with van der Waals surface area (Å²) in [5, 5.41) is 0.526. The zero-order valence-electron chi connectivity index (χ0n) is 32.8. The van der Waals surface area contributed by atoms with Crippen molar-refractivity contribution in [3.63, 3.8) is 0 Å². The van der Waals surface area contributed by atoms with Crippen LogP contribution in [0, 0.1) is 0 Å². The third-order valence-electron chi connectivity index (χ3n) is 10.0. The molecule has 4 amide bonds. The van der Waals surface area contributed by atoms with Gasteiger partial charge < -0.3 is 0 Å². The number of unbranched alkanes of at least 4 members (excludes halogenated alkanes) is 6. The number of likely N-dealkylation sites (N-methyl/N-ethyl adjacent to an activating group) is 4. The number of thiocarbonyl (C=S) groups is 2. The van der Waals surface area contributed by atoms with Gasteiger partial charge in [-0.3, -0.25) is 38.8 Å². The molecule has 0 aromatic carbocycles. The Balaban J connectivity index is 1.52. The van der Waals surface area contributed by atoms with Crippen LogP contribution in [0.15, 0.2) is 35.4 Å². The van der Waals surface area contributed by atoms with Crippen LogP contribution in [-0.4, -0.2) is 79.6 Å². The highest BCUT2D eigenvalue weighted by atomic mass is 32.1. The Kier molecular flexibility index (Phi) is 15.3. The molecule has 0 spiro atoms. The van der Waals surface area contributed by atoms with E-state index in [1.807, 2.05) is 27.7 Å². The summed E-state index contributed by atoms with van der Waals surface area (Å²) in [6.07, 6.45) is 14.2. The number of carbonyl (C=O) groups is 4. The average molecular weight is 837 g/mol. The zero-order chi connectivity index (χ0) is 39.8. The van der Waals surface area contributed by atoms with E-state index in [1.165, 1.54) is 19.6 Å². The van der Waals surface area contributed by atoms with E-state index in [2.05, 4.69) is 38.1 Å². The highest BCUT2D eigenvalue weighted by Gasteiger charge is 2.39. The summed E-state index contributed by atoms with van der Waals surface area (Å²) >= 11 is 15.9. The number of aryl methyl sites for hydroxylation is 2. The molecule has 2 saturated heterocycles. The van der Waals surface area contributed by atoms with Crippen LogP contribution in [0.2, 0.25) is 0 Å². The molecule has 5 heterocycles. The summed E-state index contributed by atoms with van der Waals surface area (Å²) in [4.78, 5) is 66.4. The lowest BCUT2D eigenvalue weighted by Gasteiger charge is -2.35. The molecule has 0 bridgehead atoms. The van der Waals surface area contributed by atoms with E-state index >= 15 is 0 Å². The highest BCUT2D eigenvalue weighted by molar-refractivity contribution is 7.80. The van der Waals surface area contributed by atoms with Crippen molar-refractivity contribution in [3.05, 3.63) is 56.3 Å². The first-order valence-corrected chi connectivity index (χ1v) is 22.9. The summed E-state index contributed by atoms with van der Waals surface area (Å²) in [6.45, 7) is 13.5. The second kappa shape index (κ2) is 19.7. The molecular weight excluding hydrogens is 785 g/mol. The minimum Gasteiger partial charge on any atom is -0.285 e. The van der Waals surface area contributed by atoms with E-state index < -0.39 is 0 Å². The molecule has 55 heavy (non-hydrogen) atoms. The summed E-state index contributed by atoms with van der Waals surface area (Å²) in [6, 6.07) is 8.73. The molecular formula is C42H52N4O4S5. The minimum absolute atomic E-state index is 0.153. The van der Waals surface area contributed by atoms with Crippen LogP contribution in [-0.2, 0) is 32.0 Å². The van der Waals surface area contributed by atoms with Crippen molar-refractivity contribution < 1.29 is 19.2 Å². The third-order valence-corrected chi connectivity index (χ3v) is 14.6. The fourth-order valence-electron chi connectivity index (χ4n) is 6.88. The number of rotatable bonds is 18. The first-order chi connectivity index (χ1) is 26.5. The maximum Gasteiger partial charge on any atom is 0.265 e. The van der Waals surface area contributed by atoms with Crippen LogP contribution in [0.1, 0.15) is 114 Å². The molecule has 13 heteroatoms. The molecule has 2 aliphatic heterocycles. The standard InChI is InChI=1S/C42H52N4O4S5/c1-7-13-15-17-19-27-23-35(54-33(27)25-29-37(47)43(9-3)41(51)44(10-4)38(29)48)31-21-22-32(53-31)36-24-28(20-18-16-14-8-2)34(55-36)26-30-39(49)45(11-5)42(52)46(12-6)40(30)50/h21-26H,7-20H2,1-6H3. The monoisotopic (exact) mass is 836 g/mol. The molecule has 0 aliphatic carbocycles. The fourth-order valence-corrected chi connectivity index (χ4v) is 11.2. The van der Waals surface area contributed by atoms with Crippen molar-refractivity contribution >= 4 is 104 Å². The molecule has 0 atom stereocenters. The minimum atomic E-state index is -0.342. The summed E-state index contributed by atoms with van der Waals surface area (Å²) in [5.41, 5.74) is 2.59. The van der Waals surface area contributed by atoms with E-state index in [0.29, 0.717) is 26.2 Å². The van der Waals surface area contributed by atoms with E-state index in [9.17, 15) is 19.2 Å². The van der Waals surface area contributed by atoms with Crippen LogP contribution < -0.4 is 0 Å². The van der Waals surface area contributed by atoms with Gasteiger partial charge in [-0.1, -0.05) is 52.4 Å². The van der Waals surface area contributed by atoms with Crippen molar-refractivity contribution in [2.75, 3.05) is 26.2 Å². The lowest BCUT2D eigenvalue weighted by Crippen LogP contribution is -2.55. The van der Waals surface area contributed by atoms with Crippen molar-refractivity contribution in [1.29, 1.82) is 0 Å². The Labute approximate surface area is 348 Å². The lowest BCUT2D eigenvalue weighted by molar-refractivity contribution is -0.135. The van der Waals surface area contributed by atoms with Gasteiger partial charge in [0.05, 0.1) is 0 Å². The number of carbonyl (C=O) groups excluding carboxylic acids is 4. The number of amides is 4. The van der Waals surface area contributed by atoms with Crippen molar-refractivity contribution in [3.8, 4) is 19.5 Å². The van der Waals surface area contributed by atoms with Crippen LogP contribution in [0.3, 0.4) is 0 Å². The van der Waals surface area contributed by atoms with Crippen LogP contribution in [0.25, 0.3) is 31.7 Å². The molecule has 2 fully saturated rings. The molecule has 2 aliphatic rings. The van der Waals surface area contributed by atoms with E-state index in [1.54, 1.807) is 46.2 Å². The van der Waals surface area contributed by atoms with Crippen molar-refractivity contribution in [2.45, 2.75) is 106 Å². The van der Waals surface area contributed by atoms with Crippen LogP contribution in [0.4, 0.5) is 0 Å². The summed E-state index contributed by atoms with van der Waals surface area (Å²) in [7, 11) is 0. The molecule has 0 radical (unpaired) electrons. The van der Waals surface area contributed by atoms with E-state index in [0.717, 1.165) is 105 Å². The molecule has 3 aromatic rings. The maximum atomic E-state index is 13.5. The van der Waals surface area contributed by atoms with Gasteiger partial charge in [0.15, 0.2) is 10.2 Å². The number of nitrogens with zero attached hydrogens (tertiary/aromatic N) is 4. The first kappa shape index (κ1) is 42.8. The molecule has 5 rings (SSSR count). The molecule has 0 unspecified atom stereocenters. The Morgan fingerprint density at radius 2 is 0.836 bits per heavy atom. The Hall–Kier alpha value is -3.36. The second-order valence-electron chi connectivity index (χ2n) is 13.7. The quantitative estimate of drug-likeness (QED) is 0.0550. The van der Waals surface area contributed by atoms with Gasteiger partial charge in [0.2, 0.25) is 0 Å². The fraction of sp³-hybridized carbons (Fsp3) is 0.476. The predicted octanol–water partition coefficient (Wildman–Crippen LogP) is 10.2. The molecule has 3 aromatic heterocycles. The topological polar surface area (TPSA) is 81.2 Å². The van der Waals surface area contributed by atoms with E-state index in [-0.39, 0.29) is 45.0 Å². The average Bonchev–Trinajstić information content (AvgIpc) is 3.92. The highest BCUT2D eigenvalue weighted by Crippen LogP contribution is 2.43. The molecule has 294 valence electrons. The largest absolute Gasteiger partial charge is 0.285 e. The van der Waals surface area contributed by atoms with Crippen LogP contribution >= 0.6 is 58.4 Å². The number of hydrogen-bond acceptors (Lipinski definition) is 9. The molecule has 8 nitrogen and oxygen atoms in total. The van der Waals surface area contributed by atoms with Gasteiger partial charge >= 0.3 is 0 Å². The third kappa shape index (κ3) is 9.28. The smallest absolute Gasteiger partial charge is 0.265 e. The van der Waals surface area contributed by atoms with Gasteiger partial charge in [0.1, 0.15) is 11.1 Å². The normalized spacial score (nSPS) is 15.4. The van der Waals surface area contributed by atoms with Gasteiger partial charge in [-0.15, -0.1) is 34.0 Å². The number of hydrogen-bond donors (Lipinski definition) is 0. The SMILES string of the molecule is CCCCCCc1cc(-c2ccc(-c3cc(CCCCCC)c(C=C4C(=O)N(CC)C(=S)N(CC)C4=O)s3)s2)sc1C=C1C(=O)N(CC)C(=S)N(CC)C1=O. The predicted molar refractivity (Wildman–Crippen MR) is 237 cm³/mol. The van der Waals surface area contributed by atoms with Crippen LogP contribution in [0.5, 0.6) is 0 Å². The van der Waals surface area contributed by atoms with Gasteiger partial charge in [-0.2, -0.15) is 0 Å². The van der Waals surface area contributed by atoms with Crippen molar-refractivity contribution in [1.82, 2.24) is 19.6 Å². The zero-order valence-corrected chi connectivity index (χ0v) is 36.9. The van der Waals surface area contributed by atoms with Gasteiger partial charge in [-0.25, -0.2) is 0 Å².